The van der Waals surface area contributed by atoms with Gasteiger partial charge in [0.25, 0.3) is 0 Å². The molecule has 0 fully saturated rings. The van der Waals surface area contributed by atoms with E-state index in [1.54, 1.807) is 0 Å². The lowest BCUT2D eigenvalue weighted by atomic mass is 10.2. The second-order valence-corrected chi connectivity index (χ2v) is 4.27. The second-order valence-electron chi connectivity index (χ2n) is 2.26. The molecule has 0 atom stereocenters. The first-order valence-electron chi connectivity index (χ1n) is 3.28. The third-order valence-electron chi connectivity index (χ3n) is 1.33. The van der Waals surface area contributed by atoms with Crippen molar-refractivity contribution in [2.75, 3.05) is 0 Å². The summed E-state index contributed by atoms with van der Waals surface area (Å²) in [6, 6.07) is 7.67. The summed E-state index contributed by atoms with van der Waals surface area (Å²) in [5.41, 5.74) is 0.944. The Kier molecular flexibility index (Phi) is 4.12. The van der Waals surface area contributed by atoms with Gasteiger partial charge in [-0.25, -0.2) is 0 Å². The van der Waals surface area contributed by atoms with E-state index in [1.165, 1.54) is 10.2 Å². The summed E-state index contributed by atoms with van der Waals surface area (Å²) in [5.74, 6) is 0. The van der Waals surface area contributed by atoms with E-state index in [9.17, 15) is 4.79 Å². The Bertz CT molecular complexity index is 290. The van der Waals surface area contributed by atoms with Gasteiger partial charge in [-0.05, 0) is 54.3 Å². The molecule has 0 aliphatic carbocycles. The molecule has 0 saturated carbocycles. The molecule has 4 heteroatoms. The molecule has 0 unspecified atom stereocenters. The number of halogens is 2. The van der Waals surface area contributed by atoms with Crippen molar-refractivity contribution in [3.05, 3.63) is 29.8 Å². The van der Waals surface area contributed by atoms with Crippen LogP contribution in [0, 0.1) is 0 Å². The van der Waals surface area contributed by atoms with Gasteiger partial charge in [-0.1, -0.05) is 12.1 Å². The van der Waals surface area contributed by atoms with Crippen LogP contribution in [0.2, 0.25) is 0 Å². The molecular weight excluding hydrogens is 260 g/mol. The van der Waals surface area contributed by atoms with E-state index in [2.05, 4.69) is 14.8 Å². The Morgan fingerprint density at radius 2 is 2.33 bits per heavy atom. The summed E-state index contributed by atoms with van der Waals surface area (Å²) in [7, 11) is 1.47. The normalized spacial score (nSPS) is 9.83. The van der Waals surface area contributed by atoms with Crippen molar-refractivity contribution < 1.29 is 4.79 Å². The maximum atomic E-state index is 10.6. The van der Waals surface area contributed by atoms with Gasteiger partial charge in [-0.3, -0.25) is 4.79 Å². The molecule has 0 aliphatic heterocycles. The monoisotopic (exact) mass is 264 g/mol. The fourth-order valence-corrected chi connectivity index (χ4v) is 1.95. The molecule has 0 heterocycles. The first-order chi connectivity index (χ1) is 5.72. The maximum absolute atomic E-state index is 10.6. The number of benzene rings is 1. The van der Waals surface area contributed by atoms with Gasteiger partial charge in [0.2, 0.25) is 5.24 Å². The molecule has 0 saturated heterocycles. The summed E-state index contributed by atoms with van der Waals surface area (Å²) in [6.45, 7) is 0. The molecule has 0 spiro atoms. The lowest BCUT2D eigenvalue weighted by Gasteiger charge is -1.98. The zero-order chi connectivity index (χ0) is 8.97. The third kappa shape index (κ3) is 3.17. The molecule has 0 N–H and O–H groups in total. The van der Waals surface area contributed by atoms with E-state index < -0.39 is 0 Å². The largest absolute Gasteiger partial charge is 0.281 e. The average Bonchev–Trinajstić information content (AvgIpc) is 2.03. The van der Waals surface area contributed by atoms with Crippen LogP contribution >= 0.6 is 36.6 Å². The predicted molar refractivity (Wildman–Crippen MR) is 55.8 cm³/mol. The summed E-state index contributed by atoms with van der Waals surface area (Å²) in [4.78, 5) is 11.6. The highest BCUT2D eigenvalue weighted by atomic mass is 79.9. The van der Waals surface area contributed by atoms with Crippen molar-refractivity contribution in [1.82, 2.24) is 0 Å². The van der Waals surface area contributed by atoms with Crippen LogP contribution in [0.25, 0.3) is 0 Å². The van der Waals surface area contributed by atoms with Crippen LogP contribution in [0.15, 0.2) is 29.2 Å². The molecule has 1 aromatic rings. The molecule has 1 aromatic carbocycles. The summed E-state index contributed by atoms with van der Waals surface area (Å²) >= 11 is 8.51. The zero-order valence-corrected chi connectivity index (χ0v) is 9.25. The predicted octanol–water partition coefficient (Wildman–Crippen LogP) is 3.40. The molecule has 1 nitrogen and oxygen atoms in total. The smallest absolute Gasteiger partial charge is 0.226 e. The van der Waals surface area contributed by atoms with Gasteiger partial charge in [-0.15, -0.1) is 0 Å². The van der Waals surface area contributed by atoms with E-state index in [4.69, 9.17) is 11.6 Å². The third-order valence-corrected chi connectivity index (χ3v) is 3.02. The molecule has 0 aromatic heterocycles. The molecule has 12 heavy (non-hydrogen) atoms. The maximum Gasteiger partial charge on any atom is 0.226 e. The lowest BCUT2D eigenvalue weighted by Crippen LogP contribution is -1.92. The van der Waals surface area contributed by atoms with Crippen LogP contribution < -0.4 is 0 Å². The quantitative estimate of drug-likeness (QED) is 0.779. The summed E-state index contributed by atoms with van der Waals surface area (Å²) in [5, 5.41) is -0.327. The number of rotatable bonds is 3. The van der Waals surface area contributed by atoms with Crippen molar-refractivity contribution in [1.29, 1.82) is 0 Å². The van der Waals surface area contributed by atoms with Gasteiger partial charge >= 0.3 is 0 Å². The molecule has 1 rings (SSSR count). The number of carbonyl (C=O) groups excluding carboxylic acids is 1. The molecule has 0 amide bonds. The van der Waals surface area contributed by atoms with Gasteiger partial charge in [-0.2, -0.15) is 0 Å². The summed E-state index contributed by atoms with van der Waals surface area (Å²) in [6.07, 6.45) is 0.295. The van der Waals surface area contributed by atoms with E-state index >= 15 is 0 Å². The highest BCUT2D eigenvalue weighted by Gasteiger charge is 1.99. The fraction of sp³-hybridized carbons (Fsp3) is 0.125. The molecular formula is C8H6BrClOS. The highest BCUT2D eigenvalue weighted by Crippen LogP contribution is 2.24. The SMILES string of the molecule is O=C(Cl)Cc1cccc(SBr)c1. The van der Waals surface area contributed by atoms with Crippen LogP contribution in [0.5, 0.6) is 0 Å². The molecule has 0 bridgehead atoms. The Balaban J connectivity index is 2.79. The van der Waals surface area contributed by atoms with Crippen LogP contribution in [-0.2, 0) is 11.2 Å². The van der Waals surface area contributed by atoms with Gasteiger partial charge in [0, 0.05) is 11.3 Å². The van der Waals surface area contributed by atoms with Crippen LogP contribution in [-0.4, -0.2) is 5.24 Å². The van der Waals surface area contributed by atoms with Gasteiger partial charge in [0.1, 0.15) is 0 Å². The first-order valence-corrected chi connectivity index (χ1v) is 6.32. The topological polar surface area (TPSA) is 17.1 Å². The Morgan fingerprint density at radius 3 is 2.92 bits per heavy atom. The number of hydrogen-bond donors (Lipinski definition) is 0. The minimum Gasteiger partial charge on any atom is -0.281 e. The van der Waals surface area contributed by atoms with Crippen molar-refractivity contribution in [2.45, 2.75) is 11.3 Å². The van der Waals surface area contributed by atoms with E-state index in [0.717, 1.165) is 10.5 Å². The minimum absolute atomic E-state index is 0.295. The minimum atomic E-state index is -0.327. The van der Waals surface area contributed by atoms with Crippen LogP contribution in [0.3, 0.4) is 0 Å². The number of hydrogen-bond acceptors (Lipinski definition) is 2. The standard InChI is InChI=1S/C8H6BrClOS/c9-12-7-3-1-2-6(4-7)5-8(10)11/h1-4H,5H2. The average molecular weight is 266 g/mol. The van der Waals surface area contributed by atoms with Crippen molar-refractivity contribution in [3.8, 4) is 0 Å². The first kappa shape index (κ1) is 10.1. The Labute approximate surface area is 87.7 Å². The van der Waals surface area contributed by atoms with Crippen molar-refractivity contribution in [2.24, 2.45) is 0 Å². The zero-order valence-electron chi connectivity index (χ0n) is 6.09. The van der Waals surface area contributed by atoms with Gasteiger partial charge in [0.05, 0.1) is 0 Å². The Hall–Kier alpha value is 0.01000. The molecule has 64 valence electrons. The van der Waals surface area contributed by atoms with E-state index in [0.29, 0.717) is 6.42 Å². The van der Waals surface area contributed by atoms with Crippen molar-refractivity contribution in [3.63, 3.8) is 0 Å². The van der Waals surface area contributed by atoms with Gasteiger partial charge in [0.15, 0.2) is 0 Å². The lowest BCUT2D eigenvalue weighted by molar-refractivity contribution is -0.111. The Morgan fingerprint density at radius 1 is 1.58 bits per heavy atom. The number of carbonyl (C=O) groups is 1. The second kappa shape index (κ2) is 4.90. The molecule has 0 aliphatic rings. The van der Waals surface area contributed by atoms with E-state index in [-0.39, 0.29) is 5.24 Å². The highest BCUT2D eigenvalue weighted by molar-refractivity contribution is 9.50. The fourth-order valence-electron chi connectivity index (χ4n) is 0.864. The van der Waals surface area contributed by atoms with Crippen molar-refractivity contribution >= 4 is 41.9 Å². The van der Waals surface area contributed by atoms with Gasteiger partial charge < -0.3 is 0 Å². The van der Waals surface area contributed by atoms with Crippen LogP contribution in [0.4, 0.5) is 0 Å². The van der Waals surface area contributed by atoms with Crippen LogP contribution in [0.1, 0.15) is 5.56 Å². The molecule has 0 radical (unpaired) electrons. The summed E-state index contributed by atoms with van der Waals surface area (Å²) < 4.78 is 0. The van der Waals surface area contributed by atoms with E-state index in [1.807, 2.05) is 24.3 Å².